The van der Waals surface area contributed by atoms with E-state index in [4.69, 9.17) is 4.42 Å². The third-order valence-corrected chi connectivity index (χ3v) is 6.64. The summed E-state index contributed by atoms with van der Waals surface area (Å²) in [5.74, 6) is 1.03. The summed E-state index contributed by atoms with van der Waals surface area (Å²) in [5.41, 5.74) is 4.84. The molecule has 3 aromatic carbocycles. The maximum atomic E-state index is 13.0. The topological polar surface area (TPSA) is 61.6 Å². The van der Waals surface area contributed by atoms with Crippen molar-refractivity contribution < 1.29 is 9.21 Å². The minimum Gasteiger partial charge on any atom is -0.436 e. The molecular formula is C30H32N4O2. The van der Waals surface area contributed by atoms with Crippen molar-refractivity contribution in [2.45, 2.75) is 13.3 Å². The lowest BCUT2D eigenvalue weighted by molar-refractivity contribution is 0.0952. The van der Waals surface area contributed by atoms with Crippen LogP contribution in [0.1, 0.15) is 22.3 Å². The molecule has 4 aromatic rings. The highest BCUT2D eigenvalue weighted by atomic mass is 16.4. The van der Waals surface area contributed by atoms with Gasteiger partial charge in [0.05, 0.1) is 11.8 Å². The van der Waals surface area contributed by atoms with E-state index in [1.165, 1.54) is 11.3 Å². The van der Waals surface area contributed by atoms with Crippen molar-refractivity contribution in [3.63, 3.8) is 0 Å². The fourth-order valence-electron chi connectivity index (χ4n) is 4.66. The first-order chi connectivity index (χ1) is 17.7. The molecule has 0 radical (unpaired) electrons. The first kappa shape index (κ1) is 23.8. The van der Waals surface area contributed by atoms with E-state index in [0.717, 1.165) is 44.7 Å². The Bertz CT molecular complexity index is 1290. The monoisotopic (exact) mass is 480 g/mol. The van der Waals surface area contributed by atoms with Crippen molar-refractivity contribution in [3.8, 4) is 22.8 Å². The molecule has 1 N–H and O–H groups in total. The van der Waals surface area contributed by atoms with Gasteiger partial charge in [-0.2, -0.15) is 0 Å². The van der Waals surface area contributed by atoms with Gasteiger partial charge >= 0.3 is 0 Å². The molecular weight excluding hydrogens is 448 g/mol. The second-order valence-corrected chi connectivity index (χ2v) is 9.22. The Hall–Kier alpha value is -3.90. The van der Waals surface area contributed by atoms with Crippen molar-refractivity contribution in [1.82, 2.24) is 15.2 Å². The molecule has 36 heavy (non-hydrogen) atoms. The molecule has 0 saturated carbocycles. The van der Waals surface area contributed by atoms with Crippen LogP contribution in [0.5, 0.6) is 0 Å². The van der Waals surface area contributed by atoms with Gasteiger partial charge in [0.1, 0.15) is 0 Å². The number of aromatic nitrogens is 1. The van der Waals surface area contributed by atoms with Crippen LogP contribution in [0, 0.1) is 6.92 Å². The molecule has 1 fully saturated rings. The number of piperazine rings is 1. The Labute approximate surface area is 212 Å². The number of nitrogens with one attached hydrogen (secondary N) is 1. The zero-order valence-electron chi connectivity index (χ0n) is 20.7. The summed E-state index contributed by atoms with van der Waals surface area (Å²) in [5, 5.41) is 3.08. The number of anilines is 1. The number of rotatable bonds is 8. The number of oxazole rings is 1. The number of nitrogens with zero attached hydrogens (tertiary/aromatic N) is 3. The summed E-state index contributed by atoms with van der Waals surface area (Å²) < 4.78 is 6.00. The van der Waals surface area contributed by atoms with Gasteiger partial charge in [-0.3, -0.25) is 9.69 Å². The molecule has 0 aliphatic carbocycles. The summed E-state index contributed by atoms with van der Waals surface area (Å²) in [6.45, 7) is 7.89. The van der Waals surface area contributed by atoms with Crippen LogP contribution in [0.15, 0.2) is 89.5 Å². The Morgan fingerprint density at radius 2 is 1.72 bits per heavy atom. The number of hydrogen-bond donors (Lipinski definition) is 1. The van der Waals surface area contributed by atoms with Crippen LogP contribution < -0.4 is 10.2 Å². The minimum absolute atomic E-state index is 0.102. The summed E-state index contributed by atoms with van der Waals surface area (Å²) in [6.07, 6.45) is 2.62. The van der Waals surface area contributed by atoms with E-state index in [1.54, 1.807) is 6.20 Å². The molecule has 0 unspecified atom stereocenters. The third kappa shape index (κ3) is 5.66. The quantitative estimate of drug-likeness (QED) is 0.349. The van der Waals surface area contributed by atoms with Crippen LogP contribution in [0.2, 0.25) is 0 Å². The van der Waals surface area contributed by atoms with Crippen molar-refractivity contribution in [1.29, 1.82) is 0 Å². The maximum Gasteiger partial charge on any atom is 0.252 e. The standard InChI is InChI=1S/C30H32N4O2/c1-23-9-7-12-25(21-23)34-19-17-33(18-20-34)16-8-15-31-29(35)26-13-5-6-14-27(26)30-32-22-28(36-30)24-10-3-2-4-11-24/h2-7,9-14,21-22H,8,15-20H2,1H3,(H,31,35). The highest BCUT2D eigenvalue weighted by Crippen LogP contribution is 2.28. The SMILES string of the molecule is Cc1cccc(N2CCN(CCCNC(=O)c3ccccc3-c3ncc(-c4ccccc4)o3)CC2)c1. The number of benzene rings is 3. The van der Waals surface area contributed by atoms with Gasteiger partial charge < -0.3 is 14.6 Å². The average molecular weight is 481 g/mol. The lowest BCUT2D eigenvalue weighted by Crippen LogP contribution is -2.47. The predicted molar refractivity (Wildman–Crippen MR) is 144 cm³/mol. The fraction of sp³-hybridized carbons (Fsp3) is 0.267. The normalized spacial score (nSPS) is 14.1. The molecule has 5 rings (SSSR count). The largest absolute Gasteiger partial charge is 0.436 e. The van der Waals surface area contributed by atoms with Gasteiger partial charge in [-0.15, -0.1) is 0 Å². The first-order valence-electron chi connectivity index (χ1n) is 12.6. The number of carbonyl (C=O) groups excluding carboxylic acids is 1. The molecule has 6 heteroatoms. The second-order valence-electron chi connectivity index (χ2n) is 9.22. The Morgan fingerprint density at radius 1 is 0.944 bits per heavy atom. The molecule has 184 valence electrons. The lowest BCUT2D eigenvalue weighted by Gasteiger charge is -2.36. The molecule has 1 aliphatic heterocycles. The summed E-state index contributed by atoms with van der Waals surface area (Å²) in [4.78, 5) is 22.4. The third-order valence-electron chi connectivity index (χ3n) is 6.64. The van der Waals surface area contributed by atoms with Gasteiger partial charge in [0, 0.05) is 49.5 Å². The molecule has 1 aromatic heterocycles. The van der Waals surface area contributed by atoms with Crippen LogP contribution in [0.4, 0.5) is 5.69 Å². The summed E-state index contributed by atoms with van der Waals surface area (Å²) in [6, 6.07) is 26.0. The highest BCUT2D eigenvalue weighted by molar-refractivity contribution is 6.00. The molecule has 1 amide bonds. The van der Waals surface area contributed by atoms with Crippen LogP contribution in [-0.2, 0) is 0 Å². The zero-order valence-corrected chi connectivity index (χ0v) is 20.7. The molecule has 1 saturated heterocycles. The lowest BCUT2D eigenvalue weighted by atomic mass is 10.1. The molecule has 6 nitrogen and oxygen atoms in total. The van der Waals surface area contributed by atoms with Gasteiger partial charge in [-0.1, -0.05) is 54.6 Å². The molecule has 0 bridgehead atoms. The van der Waals surface area contributed by atoms with Crippen molar-refractivity contribution in [3.05, 3.63) is 96.2 Å². The van der Waals surface area contributed by atoms with E-state index in [0.29, 0.717) is 29.3 Å². The first-order valence-corrected chi connectivity index (χ1v) is 12.6. The minimum atomic E-state index is -0.102. The van der Waals surface area contributed by atoms with Crippen LogP contribution >= 0.6 is 0 Å². The molecule has 2 heterocycles. The number of hydrogen-bond acceptors (Lipinski definition) is 5. The van der Waals surface area contributed by atoms with Gasteiger partial charge in [-0.05, 0) is 49.7 Å². The Balaban J connectivity index is 1.12. The number of amides is 1. The van der Waals surface area contributed by atoms with Gasteiger partial charge in [0.2, 0.25) is 5.89 Å². The van der Waals surface area contributed by atoms with E-state index in [1.807, 2.05) is 54.6 Å². The smallest absolute Gasteiger partial charge is 0.252 e. The summed E-state index contributed by atoms with van der Waals surface area (Å²) >= 11 is 0. The zero-order chi connectivity index (χ0) is 24.7. The molecule has 0 atom stereocenters. The second kappa shape index (κ2) is 11.2. The van der Waals surface area contributed by atoms with Crippen LogP contribution in [0.3, 0.4) is 0 Å². The van der Waals surface area contributed by atoms with Crippen molar-refractivity contribution in [2.75, 3.05) is 44.2 Å². The van der Waals surface area contributed by atoms with Gasteiger partial charge in [0.15, 0.2) is 5.76 Å². The van der Waals surface area contributed by atoms with Crippen LogP contribution in [0.25, 0.3) is 22.8 Å². The fourth-order valence-corrected chi connectivity index (χ4v) is 4.66. The van der Waals surface area contributed by atoms with E-state index in [2.05, 4.69) is 51.3 Å². The van der Waals surface area contributed by atoms with E-state index >= 15 is 0 Å². The molecule has 0 spiro atoms. The van der Waals surface area contributed by atoms with Gasteiger partial charge in [-0.25, -0.2) is 4.98 Å². The Kier molecular flexibility index (Phi) is 7.43. The van der Waals surface area contributed by atoms with E-state index in [9.17, 15) is 4.79 Å². The molecule has 1 aliphatic rings. The van der Waals surface area contributed by atoms with E-state index < -0.39 is 0 Å². The predicted octanol–water partition coefficient (Wildman–Crippen LogP) is 5.26. The maximum absolute atomic E-state index is 13.0. The van der Waals surface area contributed by atoms with Gasteiger partial charge in [0.25, 0.3) is 5.91 Å². The number of carbonyl (C=O) groups is 1. The van der Waals surface area contributed by atoms with Crippen molar-refractivity contribution >= 4 is 11.6 Å². The summed E-state index contributed by atoms with van der Waals surface area (Å²) in [7, 11) is 0. The Morgan fingerprint density at radius 3 is 2.53 bits per heavy atom. The number of aryl methyl sites for hydroxylation is 1. The van der Waals surface area contributed by atoms with Crippen LogP contribution in [-0.4, -0.2) is 55.1 Å². The average Bonchev–Trinajstić information content (AvgIpc) is 3.42. The highest BCUT2D eigenvalue weighted by Gasteiger charge is 2.18. The van der Waals surface area contributed by atoms with Crippen molar-refractivity contribution in [2.24, 2.45) is 0 Å². The van der Waals surface area contributed by atoms with E-state index in [-0.39, 0.29) is 5.91 Å².